The number of carbonyl (C=O) groups is 2. The summed E-state index contributed by atoms with van der Waals surface area (Å²) in [5, 5.41) is 5.20. The number of anilines is 2. The van der Waals surface area contributed by atoms with Crippen molar-refractivity contribution in [3.63, 3.8) is 0 Å². The van der Waals surface area contributed by atoms with Gasteiger partial charge in [0.2, 0.25) is 0 Å². The number of nitrogens with zero attached hydrogens (tertiary/aromatic N) is 2. The minimum absolute atomic E-state index is 0.0261. The summed E-state index contributed by atoms with van der Waals surface area (Å²) in [5.74, 6) is -0.0261. The van der Waals surface area contributed by atoms with Crippen LogP contribution in [0.5, 0.6) is 0 Å². The molecular weight excluding hydrogens is 364 g/mol. The zero-order chi connectivity index (χ0) is 20.2. The lowest BCUT2D eigenvalue weighted by Crippen LogP contribution is -2.39. The number of fused-ring (bicyclic) bond motifs is 1. The third-order valence-electron chi connectivity index (χ3n) is 5.23. The van der Waals surface area contributed by atoms with Crippen LogP contribution in [0.3, 0.4) is 0 Å². The second-order valence-corrected chi connectivity index (χ2v) is 7.25. The highest BCUT2D eigenvalue weighted by atomic mass is 16.2. The van der Waals surface area contributed by atoms with Crippen LogP contribution in [0.2, 0.25) is 0 Å². The molecule has 29 heavy (non-hydrogen) atoms. The van der Waals surface area contributed by atoms with Gasteiger partial charge in [-0.05, 0) is 53.6 Å². The first-order valence-corrected chi connectivity index (χ1v) is 9.80. The predicted octanol–water partition coefficient (Wildman–Crippen LogP) is 3.80. The molecule has 1 aliphatic heterocycles. The molecule has 0 aromatic heterocycles. The van der Waals surface area contributed by atoms with Gasteiger partial charge in [-0.15, -0.1) is 0 Å². The summed E-state index contributed by atoms with van der Waals surface area (Å²) in [6.45, 7) is 2.25. The monoisotopic (exact) mass is 388 g/mol. The molecule has 0 radical (unpaired) electrons. The summed E-state index contributed by atoms with van der Waals surface area (Å²) in [6.07, 6.45) is 0.742. The molecule has 3 N–H and O–H groups in total. The van der Waals surface area contributed by atoms with E-state index >= 15 is 0 Å². The first kappa shape index (κ1) is 18.8. The standard InChI is InChI=1S/C23H24N4O2/c24-20-9-6-18(7-10-20)22(28)26-12-3-13-27(15-14-26)23(29)25-21-11-8-17-4-1-2-5-19(17)16-21/h1-2,4-11,16H,3,12-15,24H2,(H,25,29). The summed E-state index contributed by atoms with van der Waals surface area (Å²) in [6, 6.07) is 20.7. The van der Waals surface area contributed by atoms with Gasteiger partial charge >= 0.3 is 6.03 Å². The van der Waals surface area contributed by atoms with Gasteiger partial charge in [0.15, 0.2) is 0 Å². The molecule has 3 aromatic rings. The number of hydrogen-bond donors (Lipinski definition) is 2. The van der Waals surface area contributed by atoms with Crippen molar-refractivity contribution in [2.45, 2.75) is 6.42 Å². The normalized spacial score (nSPS) is 14.5. The van der Waals surface area contributed by atoms with Gasteiger partial charge in [0.1, 0.15) is 0 Å². The fourth-order valence-corrected chi connectivity index (χ4v) is 3.60. The van der Waals surface area contributed by atoms with Crippen LogP contribution in [-0.4, -0.2) is 47.9 Å². The van der Waals surface area contributed by atoms with E-state index in [1.807, 2.05) is 42.5 Å². The maximum atomic E-state index is 12.7. The smallest absolute Gasteiger partial charge is 0.321 e. The van der Waals surface area contributed by atoms with Gasteiger partial charge in [-0.25, -0.2) is 4.79 Å². The minimum Gasteiger partial charge on any atom is -0.399 e. The zero-order valence-electron chi connectivity index (χ0n) is 16.2. The molecule has 6 heteroatoms. The van der Waals surface area contributed by atoms with Crippen LogP contribution >= 0.6 is 0 Å². The molecule has 6 nitrogen and oxygen atoms in total. The molecule has 0 atom stereocenters. The molecule has 1 aliphatic rings. The molecule has 148 valence electrons. The van der Waals surface area contributed by atoms with Gasteiger partial charge in [-0.1, -0.05) is 30.3 Å². The highest BCUT2D eigenvalue weighted by Crippen LogP contribution is 2.19. The van der Waals surface area contributed by atoms with Crippen LogP contribution < -0.4 is 11.1 Å². The molecule has 3 aromatic carbocycles. The van der Waals surface area contributed by atoms with E-state index in [4.69, 9.17) is 5.73 Å². The molecule has 4 rings (SSSR count). The Bertz CT molecular complexity index is 1030. The molecular formula is C23H24N4O2. The summed E-state index contributed by atoms with van der Waals surface area (Å²) >= 11 is 0. The Morgan fingerprint density at radius 2 is 1.48 bits per heavy atom. The number of amides is 3. The second kappa shape index (κ2) is 8.22. The van der Waals surface area contributed by atoms with Crippen molar-refractivity contribution in [2.24, 2.45) is 0 Å². The Hall–Kier alpha value is -3.54. The molecule has 1 saturated heterocycles. The lowest BCUT2D eigenvalue weighted by atomic mass is 10.1. The third kappa shape index (κ3) is 4.32. The molecule has 0 spiro atoms. The number of hydrogen-bond acceptors (Lipinski definition) is 3. The first-order valence-electron chi connectivity index (χ1n) is 9.80. The van der Waals surface area contributed by atoms with E-state index in [-0.39, 0.29) is 11.9 Å². The number of nitrogens with one attached hydrogen (secondary N) is 1. The fraction of sp³-hybridized carbons (Fsp3) is 0.217. The second-order valence-electron chi connectivity index (χ2n) is 7.25. The van der Waals surface area contributed by atoms with Gasteiger partial charge in [0, 0.05) is 43.1 Å². The Morgan fingerprint density at radius 1 is 0.793 bits per heavy atom. The number of benzene rings is 3. The maximum absolute atomic E-state index is 12.7. The predicted molar refractivity (Wildman–Crippen MR) is 116 cm³/mol. The van der Waals surface area contributed by atoms with Crippen molar-refractivity contribution in [1.82, 2.24) is 9.80 Å². The SMILES string of the molecule is Nc1ccc(C(=O)N2CCCN(C(=O)Nc3ccc4ccccc4c3)CC2)cc1. The highest BCUT2D eigenvalue weighted by Gasteiger charge is 2.23. The molecule has 3 amide bonds. The van der Waals surface area contributed by atoms with Gasteiger partial charge in [0.25, 0.3) is 5.91 Å². The Morgan fingerprint density at radius 3 is 2.28 bits per heavy atom. The van der Waals surface area contributed by atoms with Crippen molar-refractivity contribution in [3.05, 3.63) is 72.3 Å². The third-order valence-corrected chi connectivity index (χ3v) is 5.23. The minimum atomic E-state index is -0.137. The van der Waals surface area contributed by atoms with Crippen molar-refractivity contribution in [2.75, 3.05) is 37.2 Å². The number of urea groups is 1. The zero-order valence-corrected chi connectivity index (χ0v) is 16.2. The van der Waals surface area contributed by atoms with Crippen molar-refractivity contribution in [1.29, 1.82) is 0 Å². The molecule has 1 fully saturated rings. The molecule has 0 aliphatic carbocycles. The molecule has 0 saturated carbocycles. The molecule has 1 heterocycles. The van der Waals surface area contributed by atoms with Gasteiger partial charge in [-0.3, -0.25) is 4.79 Å². The topological polar surface area (TPSA) is 78.7 Å². The van der Waals surface area contributed by atoms with Crippen LogP contribution in [0, 0.1) is 0 Å². The molecule has 0 unspecified atom stereocenters. The Balaban J connectivity index is 1.38. The quantitative estimate of drug-likeness (QED) is 0.656. The summed E-state index contributed by atoms with van der Waals surface area (Å²) in [5.41, 5.74) is 7.72. The lowest BCUT2D eigenvalue weighted by molar-refractivity contribution is 0.0762. The van der Waals surface area contributed by atoms with Gasteiger partial charge in [-0.2, -0.15) is 0 Å². The average Bonchev–Trinajstić information content (AvgIpc) is 3.00. The molecule has 0 bridgehead atoms. The summed E-state index contributed by atoms with van der Waals surface area (Å²) in [7, 11) is 0. The van der Waals surface area contributed by atoms with E-state index in [1.165, 1.54) is 0 Å². The summed E-state index contributed by atoms with van der Waals surface area (Å²) < 4.78 is 0. The largest absolute Gasteiger partial charge is 0.399 e. The number of nitrogens with two attached hydrogens (primary N) is 1. The van der Waals surface area contributed by atoms with E-state index in [0.29, 0.717) is 37.4 Å². The van der Waals surface area contributed by atoms with Gasteiger partial charge < -0.3 is 20.9 Å². The number of rotatable bonds is 2. The van der Waals surface area contributed by atoms with Crippen molar-refractivity contribution >= 4 is 34.1 Å². The van der Waals surface area contributed by atoms with E-state index in [1.54, 1.807) is 34.1 Å². The first-order chi connectivity index (χ1) is 14.1. The lowest BCUT2D eigenvalue weighted by Gasteiger charge is -2.22. The van der Waals surface area contributed by atoms with Crippen LogP contribution in [0.1, 0.15) is 16.8 Å². The van der Waals surface area contributed by atoms with E-state index in [0.717, 1.165) is 22.9 Å². The van der Waals surface area contributed by atoms with Crippen LogP contribution in [0.25, 0.3) is 10.8 Å². The average molecular weight is 388 g/mol. The van der Waals surface area contributed by atoms with E-state index in [9.17, 15) is 9.59 Å². The van der Waals surface area contributed by atoms with Crippen LogP contribution in [0.15, 0.2) is 66.7 Å². The highest BCUT2D eigenvalue weighted by molar-refractivity contribution is 5.95. The maximum Gasteiger partial charge on any atom is 0.321 e. The number of nitrogen functional groups attached to an aromatic ring is 1. The van der Waals surface area contributed by atoms with Crippen LogP contribution in [-0.2, 0) is 0 Å². The van der Waals surface area contributed by atoms with Crippen molar-refractivity contribution in [3.8, 4) is 0 Å². The Labute approximate surface area is 169 Å². The van der Waals surface area contributed by atoms with E-state index in [2.05, 4.69) is 5.32 Å². The van der Waals surface area contributed by atoms with Gasteiger partial charge in [0.05, 0.1) is 0 Å². The Kier molecular flexibility index (Phi) is 5.33. The number of carbonyl (C=O) groups excluding carboxylic acids is 2. The van der Waals surface area contributed by atoms with Crippen LogP contribution in [0.4, 0.5) is 16.2 Å². The van der Waals surface area contributed by atoms with Crippen molar-refractivity contribution < 1.29 is 9.59 Å². The summed E-state index contributed by atoms with van der Waals surface area (Å²) in [4.78, 5) is 29.0. The van der Waals surface area contributed by atoms with E-state index < -0.39 is 0 Å². The fourth-order valence-electron chi connectivity index (χ4n) is 3.60.